The van der Waals surface area contributed by atoms with E-state index < -0.39 is 6.10 Å². The number of β-amino-alcohol motifs (C(OH)–C–C–N with tert-alkyl or cyclic N) is 1. The molecule has 1 saturated heterocycles. The first kappa shape index (κ1) is 19.4. The first-order valence-corrected chi connectivity index (χ1v) is 9.55. The molecule has 5 heteroatoms. The first-order chi connectivity index (χ1) is 13.0. The molecule has 0 radical (unpaired) electrons. The maximum atomic E-state index is 12.9. The Morgan fingerprint density at radius 1 is 1.00 bits per heavy atom. The molecule has 0 spiro atoms. The Labute approximate surface area is 161 Å². The molecule has 0 aromatic heterocycles. The molecular formula is C22H28N2O3. The van der Waals surface area contributed by atoms with Crippen molar-refractivity contribution >= 4 is 5.91 Å². The van der Waals surface area contributed by atoms with Gasteiger partial charge in [-0.3, -0.25) is 9.69 Å². The summed E-state index contributed by atoms with van der Waals surface area (Å²) in [5.74, 6) is 0.647. The summed E-state index contributed by atoms with van der Waals surface area (Å²) in [6, 6.07) is 17.1. The minimum atomic E-state index is -0.506. The van der Waals surface area contributed by atoms with E-state index in [2.05, 4.69) is 4.90 Å². The van der Waals surface area contributed by atoms with Gasteiger partial charge in [-0.25, -0.2) is 0 Å². The quantitative estimate of drug-likeness (QED) is 0.852. The fourth-order valence-electron chi connectivity index (χ4n) is 3.33. The number of amides is 1. The van der Waals surface area contributed by atoms with Gasteiger partial charge in [-0.2, -0.15) is 0 Å². The number of carbonyl (C=O) groups excluding carboxylic acids is 1. The standard InChI is InChI=1S/C22H28N2O3/c1-17(2)27-21-11-7-6-10-19(21)22(26)24-14-12-23(13-15-24)16-20(25)18-8-4-3-5-9-18/h3-11,17,20,25H,12-16H2,1-2H3. The number of aliphatic hydroxyl groups is 1. The van der Waals surface area contributed by atoms with Gasteiger partial charge in [0, 0.05) is 32.7 Å². The van der Waals surface area contributed by atoms with Gasteiger partial charge in [0.15, 0.2) is 0 Å². The summed E-state index contributed by atoms with van der Waals surface area (Å²) in [7, 11) is 0. The highest BCUT2D eigenvalue weighted by molar-refractivity contribution is 5.97. The van der Waals surface area contributed by atoms with E-state index in [9.17, 15) is 9.90 Å². The highest BCUT2D eigenvalue weighted by Crippen LogP contribution is 2.22. The Bertz CT molecular complexity index is 740. The van der Waals surface area contributed by atoms with E-state index >= 15 is 0 Å². The number of hydrogen-bond donors (Lipinski definition) is 1. The summed E-state index contributed by atoms with van der Waals surface area (Å²) in [6.07, 6.45) is -0.483. The SMILES string of the molecule is CC(C)Oc1ccccc1C(=O)N1CCN(CC(O)c2ccccc2)CC1. The maximum Gasteiger partial charge on any atom is 0.257 e. The van der Waals surface area contributed by atoms with Gasteiger partial charge in [-0.1, -0.05) is 42.5 Å². The maximum absolute atomic E-state index is 12.9. The fraction of sp³-hybridized carbons (Fsp3) is 0.409. The second kappa shape index (κ2) is 9.02. The summed E-state index contributed by atoms with van der Waals surface area (Å²) < 4.78 is 5.79. The predicted octanol–water partition coefficient (Wildman–Crippen LogP) is 2.97. The summed E-state index contributed by atoms with van der Waals surface area (Å²) >= 11 is 0. The smallest absolute Gasteiger partial charge is 0.257 e. The summed E-state index contributed by atoms with van der Waals surface area (Å²) in [4.78, 5) is 17.0. The monoisotopic (exact) mass is 368 g/mol. The van der Waals surface area contributed by atoms with Crippen molar-refractivity contribution in [1.82, 2.24) is 9.80 Å². The zero-order valence-corrected chi connectivity index (χ0v) is 16.0. The third-order valence-corrected chi connectivity index (χ3v) is 4.76. The van der Waals surface area contributed by atoms with Crippen molar-refractivity contribution in [3.63, 3.8) is 0 Å². The van der Waals surface area contributed by atoms with Crippen molar-refractivity contribution in [1.29, 1.82) is 0 Å². The zero-order valence-electron chi connectivity index (χ0n) is 16.0. The lowest BCUT2D eigenvalue weighted by Gasteiger charge is -2.36. The molecule has 27 heavy (non-hydrogen) atoms. The highest BCUT2D eigenvalue weighted by Gasteiger charge is 2.25. The van der Waals surface area contributed by atoms with Crippen LogP contribution in [0, 0.1) is 0 Å². The summed E-state index contributed by atoms with van der Waals surface area (Å²) in [6.45, 7) is 7.30. The van der Waals surface area contributed by atoms with Crippen LogP contribution in [0.5, 0.6) is 5.75 Å². The molecule has 144 valence electrons. The van der Waals surface area contributed by atoms with E-state index in [1.54, 1.807) is 0 Å². The van der Waals surface area contributed by atoms with Crippen LogP contribution in [-0.4, -0.2) is 59.6 Å². The second-order valence-electron chi connectivity index (χ2n) is 7.18. The molecule has 1 atom stereocenters. The van der Waals surface area contributed by atoms with E-state index in [1.807, 2.05) is 73.3 Å². The van der Waals surface area contributed by atoms with Crippen molar-refractivity contribution in [3.8, 4) is 5.75 Å². The van der Waals surface area contributed by atoms with Crippen LogP contribution in [0.1, 0.15) is 35.9 Å². The van der Waals surface area contributed by atoms with Gasteiger partial charge in [0.2, 0.25) is 0 Å². The average molecular weight is 368 g/mol. The Morgan fingerprint density at radius 3 is 2.30 bits per heavy atom. The zero-order chi connectivity index (χ0) is 19.2. The predicted molar refractivity (Wildman–Crippen MR) is 106 cm³/mol. The van der Waals surface area contributed by atoms with Crippen molar-refractivity contribution in [2.75, 3.05) is 32.7 Å². The molecule has 1 unspecified atom stereocenters. The van der Waals surface area contributed by atoms with Crippen LogP contribution in [0.25, 0.3) is 0 Å². The Balaban J connectivity index is 1.57. The summed E-state index contributed by atoms with van der Waals surface area (Å²) in [5.41, 5.74) is 1.54. The second-order valence-corrected chi connectivity index (χ2v) is 7.18. The first-order valence-electron chi connectivity index (χ1n) is 9.55. The number of nitrogens with zero attached hydrogens (tertiary/aromatic N) is 2. The number of hydrogen-bond acceptors (Lipinski definition) is 4. The number of piperazine rings is 1. The normalized spacial score (nSPS) is 16.4. The van der Waals surface area contributed by atoms with E-state index in [4.69, 9.17) is 4.74 Å². The average Bonchev–Trinajstić information content (AvgIpc) is 2.69. The van der Waals surface area contributed by atoms with E-state index in [0.717, 1.165) is 18.7 Å². The third-order valence-electron chi connectivity index (χ3n) is 4.76. The molecule has 0 saturated carbocycles. The van der Waals surface area contributed by atoms with Gasteiger partial charge in [0.1, 0.15) is 5.75 Å². The molecule has 2 aromatic rings. The Morgan fingerprint density at radius 2 is 1.63 bits per heavy atom. The van der Waals surface area contributed by atoms with Crippen molar-refractivity contribution < 1.29 is 14.6 Å². The highest BCUT2D eigenvalue weighted by atomic mass is 16.5. The van der Waals surface area contributed by atoms with E-state index in [0.29, 0.717) is 30.9 Å². The molecule has 1 amide bonds. The molecule has 1 heterocycles. The number of ether oxygens (including phenoxy) is 1. The molecule has 1 aliphatic heterocycles. The van der Waals surface area contributed by atoms with Crippen molar-refractivity contribution in [2.45, 2.75) is 26.1 Å². The van der Waals surface area contributed by atoms with Crippen LogP contribution < -0.4 is 4.74 Å². The Kier molecular flexibility index (Phi) is 6.48. The lowest BCUT2D eigenvalue weighted by atomic mass is 10.1. The van der Waals surface area contributed by atoms with Crippen LogP contribution in [-0.2, 0) is 0 Å². The molecule has 0 bridgehead atoms. The van der Waals surface area contributed by atoms with Crippen molar-refractivity contribution in [2.24, 2.45) is 0 Å². The third kappa shape index (κ3) is 5.08. The van der Waals surface area contributed by atoms with Gasteiger partial charge >= 0.3 is 0 Å². The van der Waals surface area contributed by atoms with Crippen LogP contribution >= 0.6 is 0 Å². The minimum absolute atomic E-state index is 0.00880. The number of benzene rings is 2. The van der Waals surface area contributed by atoms with Gasteiger partial charge in [0.25, 0.3) is 5.91 Å². The molecule has 1 aliphatic rings. The van der Waals surface area contributed by atoms with Crippen molar-refractivity contribution in [3.05, 3.63) is 65.7 Å². The topological polar surface area (TPSA) is 53.0 Å². The number of carbonyl (C=O) groups is 1. The van der Waals surface area contributed by atoms with Crippen LogP contribution in [0.4, 0.5) is 0 Å². The number of para-hydroxylation sites is 1. The molecule has 0 aliphatic carbocycles. The van der Waals surface area contributed by atoms with E-state index in [1.165, 1.54) is 0 Å². The number of aliphatic hydroxyl groups excluding tert-OH is 1. The molecule has 2 aromatic carbocycles. The largest absolute Gasteiger partial charge is 0.490 e. The van der Waals surface area contributed by atoms with Gasteiger partial charge < -0.3 is 14.7 Å². The fourth-order valence-corrected chi connectivity index (χ4v) is 3.33. The van der Waals surface area contributed by atoms with E-state index in [-0.39, 0.29) is 12.0 Å². The van der Waals surface area contributed by atoms with Crippen LogP contribution in [0.15, 0.2) is 54.6 Å². The molecule has 1 N–H and O–H groups in total. The van der Waals surface area contributed by atoms with Crippen LogP contribution in [0.2, 0.25) is 0 Å². The molecule has 5 nitrogen and oxygen atoms in total. The van der Waals surface area contributed by atoms with Crippen LogP contribution in [0.3, 0.4) is 0 Å². The Hall–Kier alpha value is -2.37. The number of rotatable bonds is 6. The minimum Gasteiger partial charge on any atom is -0.490 e. The lowest BCUT2D eigenvalue weighted by Crippen LogP contribution is -2.49. The lowest BCUT2D eigenvalue weighted by molar-refractivity contribution is 0.0523. The van der Waals surface area contributed by atoms with Gasteiger partial charge in [0.05, 0.1) is 17.8 Å². The molecule has 1 fully saturated rings. The van der Waals surface area contributed by atoms with Gasteiger partial charge in [-0.15, -0.1) is 0 Å². The summed E-state index contributed by atoms with van der Waals surface area (Å²) in [5, 5.41) is 10.4. The molecular weight excluding hydrogens is 340 g/mol. The molecule has 3 rings (SSSR count). The van der Waals surface area contributed by atoms with Gasteiger partial charge in [-0.05, 0) is 31.5 Å².